The Morgan fingerprint density at radius 1 is 1.40 bits per heavy atom. The standard InChI is InChI=1S/C14H13F3O2S/c1-10(18)6-7-11(2)20-9-12-4-3-5-13(8-12)19-14(15,16)17/h3-8H,2,9H2,1H3/b7-6+. The lowest BCUT2D eigenvalue weighted by atomic mass is 10.2. The molecule has 20 heavy (non-hydrogen) atoms. The van der Waals surface area contributed by atoms with Crippen molar-refractivity contribution >= 4 is 17.5 Å². The number of hydrogen-bond acceptors (Lipinski definition) is 3. The van der Waals surface area contributed by atoms with Gasteiger partial charge in [0.1, 0.15) is 5.75 Å². The van der Waals surface area contributed by atoms with E-state index in [2.05, 4.69) is 11.3 Å². The summed E-state index contributed by atoms with van der Waals surface area (Å²) in [5, 5.41) is 0. The molecule has 0 radical (unpaired) electrons. The van der Waals surface area contributed by atoms with E-state index in [9.17, 15) is 18.0 Å². The Labute approximate surface area is 119 Å². The normalized spacial score (nSPS) is 11.6. The first-order valence-electron chi connectivity index (χ1n) is 5.61. The molecule has 6 heteroatoms. The van der Waals surface area contributed by atoms with E-state index in [1.807, 2.05) is 0 Å². The second-order valence-electron chi connectivity index (χ2n) is 3.89. The maximum absolute atomic E-state index is 12.1. The Balaban J connectivity index is 2.58. The summed E-state index contributed by atoms with van der Waals surface area (Å²) in [5.74, 6) is 0.101. The van der Waals surface area contributed by atoms with E-state index in [0.29, 0.717) is 16.2 Å². The van der Waals surface area contributed by atoms with Crippen LogP contribution in [0.5, 0.6) is 5.75 Å². The van der Waals surface area contributed by atoms with E-state index in [-0.39, 0.29) is 11.5 Å². The largest absolute Gasteiger partial charge is 0.573 e. The van der Waals surface area contributed by atoms with Gasteiger partial charge in [0.25, 0.3) is 0 Å². The highest BCUT2D eigenvalue weighted by atomic mass is 32.2. The smallest absolute Gasteiger partial charge is 0.406 e. The van der Waals surface area contributed by atoms with Crippen molar-refractivity contribution < 1.29 is 22.7 Å². The van der Waals surface area contributed by atoms with Crippen LogP contribution >= 0.6 is 11.8 Å². The zero-order chi connectivity index (χ0) is 15.2. The fourth-order valence-electron chi connectivity index (χ4n) is 1.27. The minimum absolute atomic E-state index is 0.0904. The molecule has 0 aliphatic heterocycles. The first-order chi connectivity index (χ1) is 9.26. The van der Waals surface area contributed by atoms with Crippen LogP contribution < -0.4 is 4.74 Å². The highest BCUT2D eigenvalue weighted by molar-refractivity contribution is 8.02. The first-order valence-corrected chi connectivity index (χ1v) is 6.60. The van der Waals surface area contributed by atoms with Crippen LogP contribution in [0.4, 0.5) is 13.2 Å². The molecule has 0 fully saturated rings. The van der Waals surface area contributed by atoms with Gasteiger partial charge in [-0.05, 0) is 36.8 Å². The van der Waals surface area contributed by atoms with Gasteiger partial charge >= 0.3 is 6.36 Å². The molecule has 0 saturated carbocycles. The molecule has 0 saturated heterocycles. The molecule has 0 amide bonds. The number of ether oxygens (including phenoxy) is 1. The summed E-state index contributed by atoms with van der Waals surface area (Å²) in [6.07, 6.45) is -1.73. The van der Waals surface area contributed by atoms with Crippen LogP contribution in [0.2, 0.25) is 0 Å². The van der Waals surface area contributed by atoms with Crippen molar-refractivity contribution in [1.29, 1.82) is 0 Å². The molecule has 0 aromatic heterocycles. The summed E-state index contributed by atoms with van der Waals surface area (Å²) in [6.45, 7) is 5.16. The minimum Gasteiger partial charge on any atom is -0.406 e. The molecule has 0 N–H and O–H groups in total. The van der Waals surface area contributed by atoms with Crippen LogP contribution in [0.3, 0.4) is 0 Å². The van der Waals surface area contributed by atoms with Gasteiger partial charge in [-0.15, -0.1) is 24.9 Å². The van der Waals surface area contributed by atoms with Crippen LogP contribution in [0.25, 0.3) is 0 Å². The van der Waals surface area contributed by atoms with Crippen LogP contribution in [-0.4, -0.2) is 12.1 Å². The van der Waals surface area contributed by atoms with E-state index in [1.54, 1.807) is 12.1 Å². The fourth-order valence-corrected chi connectivity index (χ4v) is 1.96. The van der Waals surface area contributed by atoms with E-state index >= 15 is 0 Å². The quantitative estimate of drug-likeness (QED) is 0.572. The van der Waals surface area contributed by atoms with Crippen molar-refractivity contribution in [1.82, 2.24) is 0 Å². The van der Waals surface area contributed by atoms with Crippen LogP contribution in [0, 0.1) is 0 Å². The van der Waals surface area contributed by atoms with Crippen molar-refractivity contribution in [3.8, 4) is 5.75 Å². The highest BCUT2D eigenvalue weighted by Gasteiger charge is 2.31. The minimum atomic E-state index is -4.69. The summed E-state index contributed by atoms with van der Waals surface area (Å²) in [6, 6.07) is 5.75. The number of carbonyl (C=O) groups is 1. The molecule has 0 heterocycles. The van der Waals surface area contributed by atoms with Gasteiger partial charge in [0.2, 0.25) is 0 Å². The Morgan fingerprint density at radius 3 is 2.70 bits per heavy atom. The van der Waals surface area contributed by atoms with Gasteiger partial charge in [0, 0.05) is 10.7 Å². The van der Waals surface area contributed by atoms with Crippen LogP contribution in [0.15, 0.2) is 47.9 Å². The van der Waals surface area contributed by atoms with E-state index < -0.39 is 6.36 Å². The Morgan fingerprint density at radius 2 is 2.10 bits per heavy atom. The Kier molecular flexibility index (Phi) is 5.88. The van der Waals surface area contributed by atoms with Gasteiger partial charge in [-0.25, -0.2) is 0 Å². The third-order valence-corrected chi connectivity index (χ3v) is 3.04. The van der Waals surface area contributed by atoms with Gasteiger partial charge in [0.05, 0.1) is 0 Å². The second kappa shape index (κ2) is 7.19. The molecular weight excluding hydrogens is 289 g/mol. The maximum Gasteiger partial charge on any atom is 0.573 e. The predicted octanol–water partition coefficient (Wildman–Crippen LogP) is 4.48. The highest BCUT2D eigenvalue weighted by Crippen LogP contribution is 2.26. The number of rotatable bonds is 6. The average Bonchev–Trinajstić information content (AvgIpc) is 2.32. The number of alkyl halides is 3. The van der Waals surface area contributed by atoms with Gasteiger partial charge in [-0.2, -0.15) is 0 Å². The lowest BCUT2D eigenvalue weighted by molar-refractivity contribution is -0.274. The summed E-state index contributed by atoms with van der Waals surface area (Å²) in [7, 11) is 0. The third-order valence-electron chi connectivity index (χ3n) is 2.06. The van der Waals surface area contributed by atoms with Gasteiger partial charge < -0.3 is 4.74 Å². The van der Waals surface area contributed by atoms with Crippen molar-refractivity contribution in [2.24, 2.45) is 0 Å². The SMILES string of the molecule is C=C(/C=C/C(C)=O)SCc1cccc(OC(F)(F)F)c1. The summed E-state index contributed by atoms with van der Waals surface area (Å²) in [4.78, 5) is 11.4. The lowest BCUT2D eigenvalue weighted by Gasteiger charge is -2.10. The number of carbonyl (C=O) groups excluding carboxylic acids is 1. The van der Waals surface area contributed by atoms with Crippen molar-refractivity contribution in [2.45, 2.75) is 19.0 Å². The number of thioether (sulfide) groups is 1. The lowest BCUT2D eigenvalue weighted by Crippen LogP contribution is -2.17. The van der Waals surface area contributed by atoms with Gasteiger partial charge in [-0.1, -0.05) is 18.7 Å². The second-order valence-corrected chi connectivity index (χ2v) is 5.00. The average molecular weight is 302 g/mol. The molecule has 2 nitrogen and oxygen atoms in total. The molecule has 1 aromatic rings. The predicted molar refractivity (Wildman–Crippen MR) is 73.4 cm³/mol. The third kappa shape index (κ3) is 7.04. The number of allylic oxidation sites excluding steroid dienone is 2. The monoisotopic (exact) mass is 302 g/mol. The van der Waals surface area contributed by atoms with Gasteiger partial charge in [-0.3, -0.25) is 4.79 Å². The van der Waals surface area contributed by atoms with E-state index in [1.165, 1.54) is 43.0 Å². The van der Waals surface area contributed by atoms with E-state index in [0.717, 1.165) is 0 Å². The van der Waals surface area contributed by atoms with E-state index in [4.69, 9.17) is 0 Å². The topological polar surface area (TPSA) is 26.3 Å². The van der Waals surface area contributed by atoms with Crippen LogP contribution in [-0.2, 0) is 10.5 Å². The molecule has 0 unspecified atom stereocenters. The molecule has 0 bridgehead atoms. The molecule has 0 aliphatic rings. The van der Waals surface area contributed by atoms with Gasteiger partial charge in [0.15, 0.2) is 5.78 Å². The first kappa shape index (κ1) is 16.4. The summed E-state index contributed by atoms with van der Waals surface area (Å²) < 4.78 is 40.1. The van der Waals surface area contributed by atoms with Crippen molar-refractivity contribution in [2.75, 3.05) is 0 Å². The number of hydrogen-bond donors (Lipinski definition) is 0. The molecular formula is C14H13F3O2S. The molecule has 1 aromatic carbocycles. The zero-order valence-electron chi connectivity index (χ0n) is 10.7. The molecule has 108 valence electrons. The van der Waals surface area contributed by atoms with Crippen LogP contribution in [0.1, 0.15) is 12.5 Å². The Bertz CT molecular complexity index is 521. The van der Waals surface area contributed by atoms with Crippen molar-refractivity contribution in [3.05, 3.63) is 53.5 Å². The maximum atomic E-state index is 12.1. The number of halogens is 3. The number of benzene rings is 1. The summed E-state index contributed by atoms with van der Waals surface area (Å²) in [5.41, 5.74) is 0.675. The zero-order valence-corrected chi connectivity index (χ0v) is 11.6. The number of ketones is 1. The fraction of sp³-hybridized carbons (Fsp3) is 0.214. The molecule has 0 spiro atoms. The summed E-state index contributed by atoms with van der Waals surface area (Å²) >= 11 is 1.33. The van der Waals surface area contributed by atoms with Crippen molar-refractivity contribution in [3.63, 3.8) is 0 Å². The molecule has 0 atom stereocenters. The Hall–Kier alpha value is -1.69. The molecule has 0 aliphatic carbocycles. The molecule has 1 rings (SSSR count).